The quantitative estimate of drug-likeness (QED) is 0.636. The Balaban J connectivity index is 1.55. The van der Waals surface area contributed by atoms with Gasteiger partial charge in [0.25, 0.3) is 10.0 Å². The van der Waals surface area contributed by atoms with E-state index < -0.39 is 22.1 Å². The second-order valence-electron chi connectivity index (χ2n) is 6.73. The van der Waals surface area contributed by atoms with E-state index in [0.717, 1.165) is 61.5 Å². The summed E-state index contributed by atoms with van der Waals surface area (Å²) < 4.78 is 26.7. The maximum Gasteiger partial charge on any atom is 0.333 e. The van der Waals surface area contributed by atoms with Crippen molar-refractivity contribution in [2.75, 3.05) is 11.9 Å². The third-order valence-corrected chi connectivity index (χ3v) is 6.48. The molecule has 4 amide bonds. The van der Waals surface area contributed by atoms with Crippen LogP contribution >= 0.6 is 0 Å². The molecule has 1 heterocycles. The van der Waals surface area contributed by atoms with E-state index >= 15 is 0 Å². The summed E-state index contributed by atoms with van der Waals surface area (Å²) in [6.45, 7) is -0.162. The van der Waals surface area contributed by atoms with Gasteiger partial charge in [-0.15, -0.1) is 0 Å². The van der Waals surface area contributed by atoms with Gasteiger partial charge in [-0.2, -0.15) is 0 Å². The Kier molecular flexibility index (Phi) is 4.10. The molecule has 0 saturated heterocycles. The molecule has 0 bridgehead atoms. The molecule has 0 aromatic heterocycles. The van der Waals surface area contributed by atoms with Crippen molar-refractivity contribution in [3.8, 4) is 0 Å². The van der Waals surface area contributed by atoms with Crippen LogP contribution in [0.2, 0.25) is 0 Å². The SMILES string of the molecule is O=C1NC=C(S(=O)(=O)NC(=O)Nc2c3c(cc4c2CCC4)CCC3)CN1. The van der Waals surface area contributed by atoms with E-state index in [1.165, 1.54) is 11.1 Å². The largest absolute Gasteiger partial charge is 0.333 e. The van der Waals surface area contributed by atoms with E-state index in [4.69, 9.17) is 0 Å². The fraction of sp³-hybridized carbons (Fsp3) is 0.412. The van der Waals surface area contributed by atoms with Crippen LogP contribution in [0.15, 0.2) is 17.2 Å². The Bertz CT molecular complexity index is 904. The van der Waals surface area contributed by atoms with Gasteiger partial charge in [0.05, 0.1) is 6.54 Å². The van der Waals surface area contributed by atoms with Gasteiger partial charge in [0.1, 0.15) is 4.91 Å². The van der Waals surface area contributed by atoms with Crippen LogP contribution in [0.25, 0.3) is 0 Å². The summed E-state index contributed by atoms with van der Waals surface area (Å²) in [4.78, 5) is 23.4. The predicted molar refractivity (Wildman–Crippen MR) is 96.2 cm³/mol. The molecule has 2 aliphatic carbocycles. The number of urea groups is 2. The Morgan fingerprint density at radius 1 is 1.04 bits per heavy atom. The zero-order valence-electron chi connectivity index (χ0n) is 14.1. The molecule has 138 valence electrons. The minimum Gasteiger partial charge on any atom is -0.333 e. The third-order valence-electron chi connectivity index (χ3n) is 5.07. The van der Waals surface area contributed by atoms with Gasteiger partial charge < -0.3 is 16.0 Å². The molecule has 9 heteroatoms. The Morgan fingerprint density at radius 3 is 2.27 bits per heavy atom. The fourth-order valence-corrected chi connectivity index (χ4v) is 4.78. The fourth-order valence-electron chi connectivity index (χ4n) is 3.88. The lowest BCUT2D eigenvalue weighted by Gasteiger charge is -2.18. The van der Waals surface area contributed by atoms with Crippen molar-refractivity contribution in [2.24, 2.45) is 0 Å². The Labute approximate surface area is 151 Å². The van der Waals surface area contributed by atoms with Gasteiger partial charge in [-0.05, 0) is 60.8 Å². The van der Waals surface area contributed by atoms with Gasteiger partial charge in [-0.25, -0.2) is 22.7 Å². The van der Waals surface area contributed by atoms with Gasteiger partial charge in [-0.1, -0.05) is 6.07 Å². The highest BCUT2D eigenvalue weighted by Crippen LogP contribution is 2.38. The average molecular weight is 376 g/mol. The monoisotopic (exact) mass is 376 g/mol. The zero-order chi connectivity index (χ0) is 18.3. The van der Waals surface area contributed by atoms with Gasteiger partial charge >= 0.3 is 12.1 Å². The summed E-state index contributed by atoms with van der Waals surface area (Å²) in [6, 6.07) is 0.979. The van der Waals surface area contributed by atoms with Gasteiger partial charge in [0.2, 0.25) is 0 Å². The van der Waals surface area contributed by atoms with Gasteiger partial charge in [0, 0.05) is 11.9 Å². The highest BCUT2D eigenvalue weighted by molar-refractivity contribution is 7.94. The van der Waals surface area contributed by atoms with Crippen LogP contribution in [-0.2, 0) is 35.7 Å². The second-order valence-corrected chi connectivity index (χ2v) is 8.47. The van der Waals surface area contributed by atoms with Crippen molar-refractivity contribution in [2.45, 2.75) is 38.5 Å². The number of nitrogens with one attached hydrogen (secondary N) is 4. The molecule has 8 nitrogen and oxygen atoms in total. The standard InChI is InChI=1S/C17H20N4O4S/c22-16-18-8-12(9-19-16)26(24,25)21-17(23)20-15-13-5-1-3-10(13)7-11-4-2-6-14(11)15/h7-8H,1-6,9H2,(H2,18,19,22)(H2,20,21,23). The van der Waals surface area contributed by atoms with Crippen molar-refractivity contribution in [3.63, 3.8) is 0 Å². The Morgan fingerprint density at radius 2 is 1.69 bits per heavy atom. The molecule has 4 rings (SSSR count). The lowest BCUT2D eigenvalue weighted by molar-refractivity contribution is 0.244. The number of sulfonamides is 1. The van der Waals surface area contributed by atoms with Crippen molar-refractivity contribution in [1.82, 2.24) is 15.4 Å². The number of carbonyl (C=O) groups is 2. The first-order valence-electron chi connectivity index (χ1n) is 8.68. The molecule has 1 aliphatic heterocycles. The topological polar surface area (TPSA) is 116 Å². The van der Waals surface area contributed by atoms with E-state index in [-0.39, 0.29) is 11.4 Å². The first kappa shape index (κ1) is 16.9. The van der Waals surface area contributed by atoms with Crippen molar-refractivity contribution < 1.29 is 18.0 Å². The molecule has 1 aromatic carbocycles. The number of amides is 4. The molecule has 3 aliphatic rings. The summed E-state index contributed by atoms with van der Waals surface area (Å²) in [5, 5.41) is 7.41. The summed E-state index contributed by atoms with van der Waals surface area (Å²) >= 11 is 0. The number of anilines is 1. The summed E-state index contributed by atoms with van der Waals surface area (Å²) in [5.74, 6) is 0. The number of aryl methyl sites for hydroxylation is 2. The minimum atomic E-state index is -4.03. The number of hydrogen-bond donors (Lipinski definition) is 4. The number of fused-ring (bicyclic) bond motifs is 2. The summed E-state index contributed by atoms with van der Waals surface area (Å²) in [5.41, 5.74) is 5.55. The van der Waals surface area contributed by atoms with Crippen LogP contribution in [0, 0.1) is 0 Å². The molecule has 0 radical (unpaired) electrons. The molecular weight excluding hydrogens is 356 g/mol. The van der Waals surface area contributed by atoms with Crippen LogP contribution in [0.3, 0.4) is 0 Å². The molecule has 26 heavy (non-hydrogen) atoms. The molecule has 0 unspecified atom stereocenters. The van der Waals surface area contributed by atoms with Crippen LogP contribution in [0.5, 0.6) is 0 Å². The van der Waals surface area contributed by atoms with E-state index in [1.54, 1.807) is 0 Å². The molecule has 1 aromatic rings. The number of hydrogen-bond acceptors (Lipinski definition) is 4. The normalized spacial score (nSPS) is 18.3. The molecule has 4 N–H and O–H groups in total. The molecule has 0 spiro atoms. The van der Waals surface area contributed by atoms with E-state index in [2.05, 4.69) is 22.0 Å². The molecule has 0 saturated carbocycles. The van der Waals surface area contributed by atoms with Crippen LogP contribution < -0.4 is 20.7 Å². The predicted octanol–water partition coefficient (Wildman–Crippen LogP) is 1.27. The van der Waals surface area contributed by atoms with Gasteiger partial charge in [-0.3, -0.25) is 0 Å². The highest BCUT2D eigenvalue weighted by Gasteiger charge is 2.27. The average Bonchev–Trinajstić information content (AvgIpc) is 3.23. The number of benzene rings is 1. The zero-order valence-corrected chi connectivity index (χ0v) is 15.0. The lowest BCUT2D eigenvalue weighted by atomic mass is 9.99. The Hall–Kier alpha value is -2.55. The highest BCUT2D eigenvalue weighted by atomic mass is 32.2. The minimum absolute atomic E-state index is 0.101. The van der Waals surface area contributed by atoms with Crippen molar-refractivity contribution >= 4 is 27.8 Å². The van der Waals surface area contributed by atoms with E-state index in [1.807, 2.05) is 4.72 Å². The maximum absolute atomic E-state index is 12.4. The first-order chi connectivity index (χ1) is 12.4. The van der Waals surface area contributed by atoms with Crippen LogP contribution in [-0.4, -0.2) is 27.0 Å². The number of rotatable bonds is 3. The third kappa shape index (κ3) is 3.03. The maximum atomic E-state index is 12.4. The smallest absolute Gasteiger partial charge is 0.333 e. The second kappa shape index (κ2) is 6.31. The van der Waals surface area contributed by atoms with Crippen molar-refractivity contribution in [3.05, 3.63) is 39.4 Å². The van der Waals surface area contributed by atoms with E-state index in [0.29, 0.717) is 0 Å². The molecular formula is C17H20N4O4S. The van der Waals surface area contributed by atoms with Crippen molar-refractivity contribution in [1.29, 1.82) is 0 Å². The van der Waals surface area contributed by atoms with E-state index in [9.17, 15) is 18.0 Å². The number of carbonyl (C=O) groups excluding carboxylic acids is 2. The first-order valence-corrected chi connectivity index (χ1v) is 10.2. The van der Waals surface area contributed by atoms with Gasteiger partial charge in [0.15, 0.2) is 0 Å². The van der Waals surface area contributed by atoms with Crippen LogP contribution in [0.4, 0.5) is 15.3 Å². The summed E-state index contributed by atoms with van der Waals surface area (Å²) in [7, 11) is -4.03. The molecule has 0 atom stereocenters. The summed E-state index contributed by atoms with van der Waals surface area (Å²) in [6.07, 6.45) is 6.96. The molecule has 0 fully saturated rings. The lowest BCUT2D eigenvalue weighted by Crippen LogP contribution is -2.44. The van der Waals surface area contributed by atoms with Crippen LogP contribution in [0.1, 0.15) is 35.1 Å².